The largest absolute Gasteiger partial charge is 0.343 e. The molecule has 0 fully saturated rings. The Morgan fingerprint density at radius 2 is 1.63 bits per heavy atom. The lowest BCUT2D eigenvalue weighted by Gasteiger charge is -2.10. The molecule has 1 N–H and O–H groups in total. The summed E-state index contributed by atoms with van der Waals surface area (Å²) in [5, 5.41) is 0. The summed E-state index contributed by atoms with van der Waals surface area (Å²) in [5.74, 6) is 1.84. The van der Waals surface area contributed by atoms with E-state index in [0.29, 0.717) is 16.5 Å². The smallest absolute Gasteiger partial charge is 0.130 e. The highest BCUT2D eigenvalue weighted by Gasteiger charge is 2.06. The first kappa shape index (κ1) is 13.9. The Morgan fingerprint density at radius 1 is 1.00 bits per heavy atom. The van der Waals surface area contributed by atoms with Gasteiger partial charge in [-0.2, -0.15) is 0 Å². The van der Waals surface area contributed by atoms with Crippen LogP contribution in [0.2, 0.25) is 0 Å². The van der Waals surface area contributed by atoms with Gasteiger partial charge in [-0.3, -0.25) is 0 Å². The van der Waals surface area contributed by atoms with Gasteiger partial charge in [0.15, 0.2) is 0 Å². The van der Waals surface area contributed by atoms with Crippen LogP contribution in [0.1, 0.15) is 50.9 Å². The van der Waals surface area contributed by atoms with E-state index in [1.54, 1.807) is 0 Å². The zero-order valence-corrected chi connectivity index (χ0v) is 12.7. The van der Waals surface area contributed by atoms with E-state index >= 15 is 0 Å². The summed E-state index contributed by atoms with van der Waals surface area (Å²) in [6.07, 6.45) is 0. The van der Waals surface area contributed by atoms with Gasteiger partial charge in [-0.1, -0.05) is 64.2 Å². The normalized spacial score (nSPS) is 11.3. The molecule has 0 amide bonds. The van der Waals surface area contributed by atoms with Crippen molar-refractivity contribution in [2.45, 2.75) is 39.5 Å². The fraction of sp³-hybridized carbons (Fsp3) is 0.375. The van der Waals surface area contributed by atoms with Gasteiger partial charge in [-0.25, -0.2) is 4.98 Å². The molecule has 1 aromatic carbocycles. The molecule has 1 aromatic heterocycles. The van der Waals surface area contributed by atoms with Crippen LogP contribution in [0.3, 0.4) is 0 Å². The Balaban J connectivity index is 2.44. The summed E-state index contributed by atoms with van der Waals surface area (Å²) in [4.78, 5) is 7.74. The molecule has 0 bridgehead atoms. The van der Waals surface area contributed by atoms with Crippen LogP contribution >= 0.6 is 12.2 Å². The molecule has 3 heteroatoms. The van der Waals surface area contributed by atoms with Crippen molar-refractivity contribution in [2.24, 2.45) is 0 Å². The minimum atomic E-state index is 0.344. The predicted octanol–water partition coefficient (Wildman–Crippen LogP) is 5.05. The average Bonchev–Trinajstić information content (AvgIpc) is 2.38. The van der Waals surface area contributed by atoms with Gasteiger partial charge in [-0.15, -0.1) is 0 Å². The minimum Gasteiger partial charge on any atom is -0.343 e. The second-order valence-electron chi connectivity index (χ2n) is 5.45. The third-order valence-electron chi connectivity index (χ3n) is 3.20. The number of rotatable bonds is 3. The zero-order valence-electron chi connectivity index (χ0n) is 11.9. The predicted molar refractivity (Wildman–Crippen MR) is 83.0 cm³/mol. The van der Waals surface area contributed by atoms with Crippen LogP contribution < -0.4 is 0 Å². The zero-order chi connectivity index (χ0) is 14.0. The van der Waals surface area contributed by atoms with Crippen LogP contribution in [0.4, 0.5) is 0 Å². The van der Waals surface area contributed by atoms with Crippen LogP contribution in [0.15, 0.2) is 30.3 Å². The molecule has 0 saturated heterocycles. The number of H-pyrrole nitrogens is 1. The Labute approximate surface area is 119 Å². The quantitative estimate of drug-likeness (QED) is 0.792. The van der Waals surface area contributed by atoms with E-state index in [1.165, 1.54) is 5.56 Å². The van der Waals surface area contributed by atoms with Gasteiger partial charge in [0.05, 0.1) is 0 Å². The topological polar surface area (TPSA) is 28.7 Å². The van der Waals surface area contributed by atoms with Gasteiger partial charge in [0, 0.05) is 11.6 Å². The van der Waals surface area contributed by atoms with Crippen molar-refractivity contribution in [1.82, 2.24) is 9.97 Å². The maximum absolute atomic E-state index is 5.24. The fourth-order valence-corrected chi connectivity index (χ4v) is 2.17. The molecule has 0 aliphatic carbocycles. The highest BCUT2D eigenvalue weighted by atomic mass is 32.1. The minimum absolute atomic E-state index is 0.344. The van der Waals surface area contributed by atoms with Crippen LogP contribution in [-0.4, -0.2) is 9.97 Å². The summed E-state index contributed by atoms with van der Waals surface area (Å²) in [5.41, 5.74) is 3.54. The maximum atomic E-state index is 5.24. The average molecular weight is 272 g/mol. The second-order valence-corrected chi connectivity index (χ2v) is 5.87. The van der Waals surface area contributed by atoms with Crippen molar-refractivity contribution in [3.63, 3.8) is 0 Å². The Bertz CT molecular complexity index is 609. The number of hydrogen-bond donors (Lipinski definition) is 1. The van der Waals surface area contributed by atoms with E-state index < -0.39 is 0 Å². The van der Waals surface area contributed by atoms with Crippen LogP contribution in [-0.2, 0) is 0 Å². The monoisotopic (exact) mass is 272 g/mol. The number of aromatic amines is 1. The number of benzene rings is 1. The van der Waals surface area contributed by atoms with E-state index in [1.807, 2.05) is 6.07 Å². The van der Waals surface area contributed by atoms with E-state index in [2.05, 4.69) is 61.9 Å². The van der Waals surface area contributed by atoms with E-state index in [0.717, 1.165) is 17.1 Å². The van der Waals surface area contributed by atoms with E-state index in [-0.39, 0.29) is 0 Å². The van der Waals surface area contributed by atoms with Gasteiger partial charge in [-0.05, 0) is 23.1 Å². The van der Waals surface area contributed by atoms with Gasteiger partial charge >= 0.3 is 0 Å². The number of aromatic nitrogens is 2. The molecule has 0 aliphatic heterocycles. The lowest BCUT2D eigenvalue weighted by atomic mass is 10.0. The maximum Gasteiger partial charge on any atom is 0.130 e. The van der Waals surface area contributed by atoms with Crippen molar-refractivity contribution in [2.75, 3.05) is 0 Å². The van der Waals surface area contributed by atoms with E-state index in [9.17, 15) is 0 Å². The first-order valence-electron chi connectivity index (χ1n) is 6.69. The van der Waals surface area contributed by atoms with Crippen molar-refractivity contribution >= 4 is 12.2 Å². The molecule has 0 unspecified atom stereocenters. The molecule has 2 rings (SSSR count). The molecule has 0 aliphatic rings. The molecule has 19 heavy (non-hydrogen) atoms. The highest BCUT2D eigenvalue weighted by Crippen LogP contribution is 2.22. The van der Waals surface area contributed by atoms with Gasteiger partial charge in [0.2, 0.25) is 0 Å². The highest BCUT2D eigenvalue weighted by molar-refractivity contribution is 7.71. The van der Waals surface area contributed by atoms with Crippen molar-refractivity contribution < 1.29 is 0 Å². The SMILES string of the molecule is CC(C)c1ccc(-c2cc(=S)nc(C(C)C)[nH]2)cc1. The van der Waals surface area contributed by atoms with Gasteiger partial charge < -0.3 is 4.98 Å². The molecule has 2 nitrogen and oxygen atoms in total. The fourth-order valence-electron chi connectivity index (χ4n) is 1.95. The number of hydrogen-bond acceptors (Lipinski definition) is 2. The van der Waals surface area contributed by atoms with Crippen molar-refractivity contribution in [3.8, 4) is 11.3 Å². The summed E-state index contributed by atoms with van der Waals surface area (Å²) in [6, 6.07) is 10.5. The molecule has 2 aromatic rings. The Morgan fingerprint density at radius 3 is 2.16 bits per heavy atom. The molecule has 0 spiro atoms. The third kappa shape index (κ3) is 3.29. The molecule has 1 heterocycles. The van der Waals surface area contributed by atoms with Gasteiger partial charge in [0.1, 0.15) is 10.5 Å². The van der Waals surface area contributed by atoms with Gasteiger partial charge in [0.25, 0.3) is 0 Å². The summed E-state index contributed by atoms with van der Waals surface area (Å²) >= 11 is 5.24. The standard InChI is InChI=1S/C16H20N2S/c1-10(2)12-5-7-13(8-6-12)14-9-15(19)18-16(17-14)11(3)4/h5-11H,1-4H3,(H,17,18,19). The molecule has 0 radical (unpaired) electrons. The molecule has 0 saturated carbocycles. The lowest BCUT2D eigenvalue weighted by Crippen LogP contribution is -1.99. The third-order valence-corrected chi connectivity index (χ3v) is 3.41. The number of nitrogens with one attached hydrogen (secondary N) is 1. The van der Waals surface area contributed by atoms with Crippen molar-refractivity contribution in [1.29, 1.82) is 0 Å². The van der Waals surface area contributed by atoms with Crippen LogP contribution in [0.5, 0.6) is 0 Å². The first-order chi connectivity index (χ1) is 8.97. The first-order valence-corrected chi connectivity index (χ1v) is 7.10. The Kier molecular flexibility index (Phi) is 4.15. The molecular formula is C16H20N2S. The molecular weight excluding hydrogens is 252 g/mol. The summed E-state index contributed by atoms with van der Waals surface area (Å²) in [6.45, 7) is 8.62. The summed E-state index contributed by atoms with van der Waals surface area (Å²) < 4.78 is 0.644. The van der Waals surface area contributed by atoms with Crippen molar-refractivity contribution in [3.05, 3.63) is 46.4 Å². The van der Waals surface area contributed by atoms with E-state index in [4.69, 9.17) is 12.2 Å². The van der Waals surface area contributed by atoms with Crippen LogP contribution in [0, 0.1) is 4.64 Å². The van der Waals surface area contributed by atoms with Crippen LogP contribution in [0.25, 0.3) is 11.3 Å². The Hall–Kier alpha value is -1.48. The summed E-state index contributed by atoms with van der Waals surface area (Å²) in [7, 11) is 0. The molecule has 0 atom stereocenters. The number of nitrogens with zero attached hydrogens (tertiary/aromatic N) is 1. The lowest BCUT2D eigenvalue weighted by molar-refractivity contribution is 0.773. The molecule has 100 valence electrons. The second kappa shape index (κ2) is 5.66.